The zero-order valence-electron chi connectivity index (χ0n) is 24.5. The van der Waals surface area contributed by atoms with E-state index in [0.29, 0.717) is 0 Å². The Labute approximate surface area is 233 Å². The van der Waals surface area contributed by atoms with Gasteiger partial charge < -0.3 is 9.47 Å². The van der Waals surface area contributed by atoms with Crippen molar-refractivity contribution in [3.8, 4) is 11.5 Å². The van der Waals surface area contributed by atoms with E-state index in [1.807, 2.05) is 0 Å². The predicted molar refractivity (Wildman–Crippen MR) is 162 cm³/mol. The van der Waals surface area contributed by atoms with Crippen LogP contribution < -0.4 is 9.47 Å². The molecule has 0 aliphatic heterocycles. The van der Waals surface area contributed by atoms with Crippen LogP contribution in [0.2, 0.25) is 0 Å². The Bertz CT molecular complexity index is 795. The van der Waals surface area contributed by atoms with Gasteiger partial charge in [0.2, 0.25) is 0 Å². The van der Waals surface area contributed by atoms with Crippen LogP contribution in [0.15, 0.2) is 48.5 Å². The maximum Gasteiger partial charge on any atom is 0.119 e. The molecule has 0 atom stereocenters. The van der Waals surface area contributed by atoms with E-state index in [2.05, 4.69) is 62.4 Å². The molecule has 0 aromatic heterocycles. The quantitative estimate of drug-likeness (QED) is 0.218. The maximum atomic E-state index is 5.91. The summed E-state index contributed by atoms with van der Waals surface area (Å²) in [5.74, 6) is 5.49. The third-order valence-corrected chi connectivity index (χ3v) is 9.41. The number of rotatable bonds is 15. The molecule has 2 aromatic rings. The lowest BCUT2D eigenvalue weighted by Crippen LogP contribution is -2.17. The summed E-state index contributed by atoms with van der Waals surface area (Å²) in [6.07, 6.45) is 21.4. The fourth-order valence-electron chi connectivity index (χ4n) is 6.80. The molecule has 2 heteroatoms. The van der Waals surface area contributed by atoms with Crippen LogP contribution in [0.1, 0.15) is 140 Å². The summed E-state index contributed by atoms with van der Waals surface area (Å²) in [7, 11) is 0. The molecule has 210 valence electrons. The highest BCUT2D eigenvalue weighted by Gasteiger charge is 2.26. The summed E-state index contributed by atoms with van der Waals surface area (Å²) < 4.78 is 11.8. The summed E-state index contributed by atoms with van der Waals surface area (Å²) in [6, 6.07) is 18.1. The van der Waals surface area contributed by atoms with Gasteiger partial charge in [0.25, 0.3) is 0 Å². The number of benzene rings is 2. The number of hydrogen-bond donors (Lipinski definition) is 0. The van der Waals surface area contributed by atoms with Crippen LogP contribution in [-0.4, -0.2) is 13.2 Å². The smallest absolute Gasteiger partial charge is 0.119 e. The number of ether oxygens (including phenoxy) is 2. The van der Waals surface area contributed by atoms with Gasteiger partial charge in [0.1, 0.15) is 11.5 Å². The van der Waals surface area contributed by atoms with E-state index in [1.54, 1.807) is 0 Å². The maximum absolute atomic E-state index is 5.91. The first-order valence-electron chi connectivity index (χ1n) is 16.2. The predicted octanol–water partition coefficient (Wildman–Crippen LogP) is 10.9. The van der Waals surface area contributed by atoms with Gasteiger partial charge in [0.05, 0.1) is 13.2 Å². The van der Waals surface area contributed by atoms with Gasteiger partial charge in [0.15, 0.2) is 0 Å². The Balaban J connectivity index is 1.10. The largest absolute Gasteiger partial charge is 0.494 e. The van der Waals surface area contributed by atoms with Crippen LogP contribution in [0.5, 0.6) is 11.5 Å². The molecule has 0 radical (unpaired) electrons. The average molecular weight is 519 g/mol. The standard InChI is InChI=1S/C36H54O2/c1-3-5-7-27-37-35-23-19-33(20-24-35)31-15-11-29(12-16-31)9-10-30-13-17-32(18-14-30)34-21-25-36(26-22-34)38-28-8-6-4-2/h19-26,29-32H,3-18,27-28H2,1-2H3. The summed E-state index contributed by atoms with van der Waals surface area (Å²) in [4.78, 5) is 0. The third-order valence-electron chi connectivity index (χ3n) is 9.41. The van der Waals surface area contributed by atoms with Gasteiger partial charge in [-0.3, -0.25) is 0 Å². The molecule has 0 heterocycles. The Kier molecular flexibility index (Phi) is 12.4. The fraction of sp³-hybridized carbons (Fsp3) is 0.667. The van der Waals surface area contributed by atoms with Gasteiger partial charge >= 0.3 is 0 Å². The molecule has 2 nitrogen and oxygen atoms in total. The highest BCUT2D eigenvalue weighted by molar-refractivity contribution is 5.30. The molecular formula is C36H54O2. The third kappa shape index (κ3) is 9.35. The van der Waals surface area contributed by atoms with Crippen LogP contribution in [0.4, 0.5) is 0 Å². The summed E-state index contributed by atoms with van der Waals surface area (Å²) in [6.45, 7) is 6.17. The second-order valence-corrected chi connectivity index (χ2v) is 12.3. The Morgan fingerprint density at radius 1 is 0.500 bits per heavy atom. The molecule has 0 spiro atoms. The molecule has 0 N–H and O–H groups in total. The van der Waals surface area contributed by atoms with Gasteiger partial charge in [-0.2, -0.15) is 0 Å². The van der Waals surface area contributed by atoms with E-state index in [1.165, 1.54) is 101 Å². The zero-order valence-corrected chi connectivity index (χ0v) is 24.5. The van der Waals surface area contributed by atoms with Crippen molar-refractivity contribution >= 4 is 0 Å². The summed E-state index contributed by atoms with van der Waals surface area (Å²) in [5, 5.41) is 0. The van der Waals surface area contributed by atoms with Gasteiger partial charge in [0, 0.05) is 0 Å². The molecule has 0 unspecified atom stereocenters. The van der Waals surface area contributed by atoms with Crippen molar-refractivity contribution in [1.82, 2.24) is 0 Å². The molecule has 2 saturated carbocycles. The molecule has 0 amide bonds. The van der Waals surface area contributed by atoms with Crippen LogP contribution >= 0.6 is 0 Å². The zero-order chi connectivity index (χ0) is 26.4. The van der Waals surface area contributed by atoms with Gasteiger partial charge in [-0.05, 0) is 123 Å². The molecule has 0 saturated heterocycles. The molecule has 0 bridgehead atoms. The van der Waals surface area contributed by atoms with Crippen LogP contribution in [0, 0.1) is 11.8 Å². The number of unbranched alkanes of at least 4 members (excludes halogenated alkanes) is 4. The van der Waals surface area contributed by atoms with Gasteiger partial charge in [-0.25, -0.2) is 0 Å². The minimum atomic E-state index is 0.754. The minimum absolute atomic E-state index is 0.754. The minimum Gasteiger partial charge on any atom is -0.494 e. The normalized spacial score (nSPS) is 23.7. The monoisotopic (exact) mass is 518 g/mol. The van der Waals surface area contributed by atoms with Gasteiger partial charge in [-0.15, -0.1) is 0 Å². The van der Waals surface area contributed by atoms with Crippen LogP contribution in [0.3, 0.4) is 0 Å². The Morgan fingerprint density at radius 3 is 1.21 bits per heavy atom. The molecule has 38 heavy (non-hydrogen) atoms. The fourth-order valence-corrected chi connectivity index (χ4v) is 6.80. The lowest BCUT2D eigenvalue weighted by Gasteiger charge is -2.32. The van der Waals surface area contributed by atoms with E-state index >= 15 is 0 Å². The van der Waals surface area contributed by atoms with Crippen molar-refractivity contribution in [2.24, 2.45) is 11.8 Å². The molecular weight excluding hydrogens is 464 g/mol. The first-order chi connectivity index (χ1) is 18.7. The molecule has 2 fully saturated rings. The van der Waals surface area contributed by atoms with E-state index in [0.717, 1.165) is 61.2 Å². The van der Waals surface area contributed by atoms with Crippen LogP contribution in [-0.2, 0) is 0 Å². The van der Waals surface area contributed by atoms with Crippen LogP contribution in [0.25, 0.3) is 0 Å². The second-order valence-electron chi connectivity index (χ2n) is 12.3. The summed E-state index contributed by atoms with van der Waals surface area (Å²) in [5.41, 5.74) is 3.05. The van der Waals surface area contributed by atoms with E-state index in [-0.39, 0.29) is 0 Å². The second kappa shape index (κ2) is 16.2. The highest BCUT2D eigenvalue weighted by Crippen LogP contribution is 2.41. The molecule has 2 aliphatic carbocycles. The van der Waals surface area contributed by atoms with Crippen molar-refractivity contribution in [2.45, 2.75) is 128 Å². The van der Waals surface area contributed by atoms with Crippen molar-refractivity contribution in [3.63, 3.8) is 0 Å². The topological polar surface area (TPSA) is 18.5 Å². The molecule has 4 rings (SSSR count). The lowest BCUT2D eigenvalue weighted by atomic mass is 9.73. The van der Waals surface area contributed by atoms with E-state index in [9.17, 15) is 0 Å². The lowest BCUT2D eigenvalue weighted by molar-refractivity contribution is 0.252. The van der Waals surface area contributed by atoms with Crippen molar-refractivity contribution in [1.29, 1.82) is 0 Å². The van der Waals surface area contributed by atoms with Crippen molar-refractivity contribution in [2.75, 3.05) is 13.2 Å². The average Bonchev–Trinajstić information content (AvgIpc) is 2.98. The first kappa shape index (κ1) is 29.0. The van der Waals surface area contributed by atoms with Crippen molar-refractivity contribution < 1.29 is 9.47 Å². The summed E-state index contributed by atoms with van der Waals surface area (Å²) >= 11 is 0. The van der Waals surface area contributed by atoms with Gasteiger partial charge in [-0.1, -0.05) is 76.6 Å². The first-order valence-corrected chi connectivity index (χ1v) is 16.2. The molecule has 2 aromatic carbocycles. The number of hydrogen-bond acceptors (Lipinski definition) is 2. The Hall–Kier alpha value is -1.96. The van der Waals surface area contributed by atoms with E-state index < -0.39 is 0 Å². The Morgan fingerprint density at radius 2 is 0.868 bits per heavy atom. The molecule has 2 aliphatic rings. The van der Waals surface area contributed by atoms with Crippen molar-refractivity contribution in [3.05, 3.63) is 59.7 Å². The highest BCUT2D eigenvalue weighted by atomic mass is 16.5. The van der Waals surface area contributed by atoms with E-state index in [4.69, 9.17) is 9.47 Å². The SMILES string of the molecule is CCCCCOc1ccc(C2CCC(CCC3CCC(c4ccc(OCCCCC)cc4)CC3)CC2)cc1.